The molecule has 1 fully saturated rings. The number of carbonyl (C=O) groups is 2. The van der Waals surface area contributed by atoms with Crippen LogP contribution >= 0.6 is 0 Å². The van der Waals surface area contributed by atoms with Crippen molar-refractivity contribution in [3.05, 3.63) is 35.9 Å². The highest BCUT2D eigenvalue weighted by molar-refractivity contribution is 5.82. The van der Waals surface area contributed by atoms with E-state index >= 15 is 0 Å². The molecule has 0 N–H and O–H groups in total. The Kier molecular flexibility index (Phi) is 7.87. The molecule has 2 rings (SSSR count). The number of carbonyl (C=O) groups excluding carboxylic acids is 2. The molecule has 1 aromatic rings. The summed E-state index contributed by atoms with van der Waals surface area (Å²) in [4.78, 5) is 26.1. The van der Waals surface area contributed by atoms with Gasteiger partial charge in [-0.05, 0) is 12.0 Å². The van der Waals surface area contributed by atoms with Crippen molar-refractivity contribution in [2.75, 3.05) is 34.0 Å². The van der Waals surface area contributed by atoms with Crippen LogP contribution in [0.25, 0.3) is 0 Å². The standard InChI is InChI=1S/C19H27NO6/c1-14-16(25-11-7-10-23-2)12-20(17(14)18(21)24-3)19(22)26-13-15-8-5-4-6-9-15/h4-6,8-9,14,16-17H,7,10-13H2,1-3H3/t14-,16+,17-/m1/s1. The molecule has 1 aromatic carbocycles. The van der Waals surface area contributed by atoms with Gasteiger partial charge in [0.05, 0.1) is 19.8 Å². The summed E-state index contributed by atoms with van der Waals surface area (Å²) >= 11 is 0. The summed E-state index contributed by atoms with van der Waals surface area (Å²) in [5, 5.41) is 0. The number of rotatable bonds is 8. The number of amides is 1. The van der Waals surface area contributed by atoms with Gasteiger partial charge in [-0.1, -0.05) is 37.3 Å². The lowest BCUT2D eigenvalue weighted by Gasteiger charge is -2.23. The number of nitrogens with zero attached hydrogens (tertiary/aromatic N) is 1. The molecule has 0 spiro atoms. The maximum atomic E-state index is 12.5. The minimum atomic E-state index is -0.712. The summed E-state index contributed by atoms with van der Waals surface area (Å²) in [5.41, 5.74) is 0.884. The molecule has 0 aliphatic carbocycles. The zero-order valence-corrected chi connectivity index (χ0v) is 15.6. The second kappa shape index (κ2) is 10.1. The molecule has 3 atom stereocenters. The molecule has 7 nitrogen and oxygen atoms in total. The van der Waals surface area contributed by atoms with Crippen molar-refractivity contribution in [1.82, 2.24) is 4.90 Å². The van der Waals surface area contributed by atoms with Crippen molar-refractivity contribution in [1.29, 1.82) is 0 Å². The number of benzene rings is 1. The fourth-order valence-corrected chi connectivity index (χ4v) is 3.06. The highest BCUT2D eigenvalue weighted by Gasteiger charge is 2.47. The van der Waals surface area contributed by atoms with Crippen LogP contribution in [0.4, 0.5) is 4.79 Å². The van der Waals surface area contributed by atoms with Gasteiger partial charge in [0.15, 0.2) is 0 Å². The van der Waals surface area contributed by atoms with Gasteiger partial charge in [-0.15, -0.1) is 0 Å². The van der Waals surface area contributed by atoms with Gasteiger partial charge >= 0.3 is 12.1 Å². The molecular weight excluding hydrogens is 338 g/mol. The van der Waals surface area contributed by atoms with Gasteiger partial charge in [0, 0.05) is 26.2 Å². The molecule has 1 amide bonds. The fraction of sp³-hybridized carbons (Fsp3) is 0.579. The molecule has 144 valence electrons. The molecule has 0 bridgehead atoms. The van der Waals surface area contributed by atoms with Crippen LogP contribution in [-0.4, -0.2) is 63.1 Å². The Hall–Kier alpha value is -2.12. The normalized spacial score (nSPS) is 22.3. The maximum Gasteiger partial charge on any atom is 0.410 e. The van der Waals surface area contributed by atoms with Crippen LogP contribution in [0.3, 0.4) is 0 Å². The minimum Gasteiger partial charge on any atom is -0.467 e. The third kappa shape index (κ3) is 5.19. The lowest BCUT2D eigenvalue weighted by Crippen LogP contribution is -2.43. The summed E-state index contributed by atoms with van der Waals surface area (Å²) in [7, 11) is 2.95. The van der Waals surface area contributed by atoms with E-state index in [-0.39, 0.29) is 18.6 Å². The third-order valence-electron chi connectivity index (χ3n) is 4.50. The quantitative estimate of drug-likeness (QED) is 0.520. The monoisotopic (exact) mass is 365 g/mol. The van der Waals surface area contributed by atoms with Crippen molar-refractivity contribution < 1.29 is 28.5 Å². The Morgan fingerprint density at radius 2 is 1.88 bits per heavy atom. The van der Waals surface area contributed by atoms with Crippen molar-refractivity contribution >= 4 is 12.1 Å². The second-order valence-corrected chi connectivity index (χ2v) is 6.28. The van der Waals surface area contributed by atoms with E-state index in [9.17, 15) is 9.59 Å². The lowest BCUT2D eigenvalue weighted by atomic mass is 10.0. The van der Waals surface area contributed by atoms with Crippen LogP contribution in [0.15, 0.2) is 30.3 Å². The van der Waals surface area contributed by atoms with Gasteiger partial charge in [-0.2, -0.15) is 0 Å². The van der Waals surface area contributed by atoms with Gasteiger partial charge in [0.2, 0.25) is 0 Å². The Morgan fingerprint density at radius 3 is 2.54 bits per heavy atom. The molecular formula is C19H27NO6. The highest BCUT2D eigenvalue weighted by Crippen LogP contribution is 2.28. The minimum absolute atomic E-state index is 0.151. The first-order chi connectivity index (χ1) is 12.6. The number of esters is 1. The average molecular weight is 365 g/mol. The van der Waals surface area contributed by atoms with Crippen LogP contribution in [0.5, 0.6) is 0 Å². The third-order valence-corrected chi connectivity index (χ3v) is 4.50. The molecule has 1 heterocycles. The largest absolute Gasteiger partial charge is 0.467 e. The smallest absolute Gasteiger partial charge is 0.410 e. The van der Waals surface area contributed by atoms with E-state index in [1.54, 1.807) is 7.11 Å². The molecule has 1 aliphatic rings. The van der Waals surface area contributed by atoms with Crippen molar-refractivity contribution in [2.24, 2.45) is 5.92 Å². The van der Waals surface area contributed by atoms with Crippen LogP contribution in [0.2, 0.25) is 0 Å². The number of hydrogen-bond acceptors (Lipinski definition) is 6. The zero-order valence-electron chi connectivity index (χ0n) is 15.6. The first-order valence-corrected chi connectivity index (χ1v) is 8.74. The summed E-state index contributed by atoms with van der Waals surface area (Å²) < 4.78 is 21.1. The first-order valence-electron chi connectivity index (χ1n) is 8.74. The maximum absolute atomic E-state index is 12.5. The van der Waals surface area contributed by atoms with Crippen molar-refractivity contribution in [2.45, 2.75) is 32.1 Å². The summed E-state index contributed by atoms with van der Waals surface area (Å²) in [6.07, 6.45) is -0.0412. The predicted octanol–water partition coefficient (Wildman–Crippen LogP) is 2.24. The van der Waals surface area contributed by atoms with Crippen LogP contribution < -0.4 is 0 Å². The first kappa shape index (κ1) is 20.2. The molecule has 0 radical (unpaired) electrons. The van der Waals surface area contributed by atoms with E-state index in [1.807, 2.05) is 37.3 Å². The molecule has 1 aliphatic heterocycles. The van der Waals surface area contributed by atoms with Crippen LogP contribution in [0, 0.1) is 5.92 Å². The molecule has 0 saturated carbocycles. The zero-order chi connectivity index (χ0) is 18.9. The Labute approximate surface area is 154 Å². The molecule has 7 heteroatoms. The van der Waals surface area contributed by atoms with Gasteiger partial charge in [0.1, 0.15) is 12.6 Å². The molecule has 1 saturated heterocycles. The highest BCUT2D eigenvalue weighted by atomic mass is 16.6. The Balaban J connectivity index is 1.98. The van der Waals surface area contributed by atoms with Crippen molar-refractivity contribution in [3.63, 3.8) is 0 Å². The summed E-state index contributed by atoms with van der Waals surface area (Å²) in [6, 6.07) is 8.69. The van der Waals surface area contributed by atoms with Crippen molar-refractivity contribution in [3.8, 4) is 0 Å². The summed E-state index contributed by atoms with van der Waals surface area (Å²) in [5.74, 6) is -0.647. The Bertz CT molecular complexity index is 579. The van der Waals surface area contributed by atoms with Gasteiger partial charge < -0.3 is 18.9 Å². The summed E-state index contributed by atoms with van der Waals surface area (Å²) in [6.45, 7) is 3.43. The van der Waals surface area contributed by atoms with E-state index in [0.29, 0.717) is 19.8 Å². The van der Waals surface area contributed by atoms with E-state index in [0.717, 1.165) is 12.0 Å². The SMILES string of the molecule is COCCCO[C@H]1CN(C(=O)OCc2ccccc2)[C@@H](C(=O)OC)[C@@H]1C. The van der Waals surface area contributed by atoms with Gasteiger partial charge in [0.25, 0.3) is 0 Å². The fourth-order valence-electron chi connectivity index (χ4n) is 3.06. The van der Waals surface area contributed by atoms with E-state index in [4.69, 9.17) is 18.9 Å². The Morgan fingerprint density at radius 1 is 1.15 bits per heavy atom. The molecule has 0 unspecified atom stereocenters. The number of likely N-dealkylation sites (tertiary alicyclic amines) is 1. The second-order valence-electron chi connectivity index (χ2n) is 6.28. The van der Waals surface area contributed by atoms with Gasteiger partial charge in [-0.3, -0.25) is 4.90 Å². The van der Waals surface area contributed by atoms with Gasteiger partial charge in [-0.25, -0.2) is 9.59 Å². The topological polar surface area (TPSA) is 74.3 Å². The lowest BCUT2D eigenvalue weighted by molar-refractivity contribution is -0.146. The number of ether oxygens (including phenoxy) is 4. The number of methoxy groups -OCH3 is 2. The molecule has 26 heavy (non-hydrogen) atoms. The van der Waals surface area contributed by atoms with E-state index < -0.39 is 18.1 Å². The average Bonchev–Trinajstić information content (AvgIpc) is 3.00. The van der Waals surface area contributed by atoms with Crippen LogP contribution in [0.1, 0.15) is 18.9 Å². The number of hydrogen-bond donors (Lipinski definition) is 0. The molecule has 0 aromatic heterocycles. The van der Waals surface area contributed by atoms with E-state index in [1.165, 1.54) is 12.0 Å². The van der Waals surface area contributed by atoms with Crippen LogP contribution in [-0.2, 0) is 30.3 Å². The predicted molar refractivity (Wildman–Crippen MR) is 94.5 cm³/mol. The van der Waals surface area contributed by atoms with E-state index in [2.05, 4.69) is 0 Å².